The van der Waals surface area contributed by atoms with Crippen molar-refractivity contribution in [3.8, 4) is 5.75 Å². The van der Waals surface area contributed by atoms with Crippen molar-refractivity contribution in [2.75, 3.05) is 43.1 Å². The fourth-order valence-corrected chi connectivity index (χ4v) is 4.78. The number of ether oxygens (including phenoxy) is 1. The monoisotopic (exact) mass is 461 g/mol. The quantitative estimate of drug-likeness (QED) is 0.719. The summed E-state index contributed by atoms with van der Waals surface area (Å²) in [7, 11) is 1.62. The van der Waals surface area contributed by atoms with Crippen LogP contribution in [-0.2, 0) is 17.4 Å². The Hall–Kier alpha value is -2.90. The van der Waals surface area contributed by atoms with Gasteiger partial charge in [-0.1, -0.05) is 19.9 Å². The highest BCUT2D eigenvalue weighted by Crippen LogP contribution is 2.40. The van der Waals surface area contributed by atoms with Crippen molar-refractivity contribution in [3.05, 3.63) is 53.6 Å². The average molecular weight is 462 g/mol. The second-order valence-electron chi connectivity index (χ2n) is 9.20. The van der Waals surface area contributed by atoms with Gasteiger partial charge in [-0.3, -0.25) is 4.79 Å². The number of nitrogens with zero attached hydrogens (tertiary/aromatic N) is 2. The maximum atomic E-state index is 13.3. The van der Waals surface area contributed by atoms with Gasteiger partial charge in [-0.15, -0.1) is 0 Å². The van der Waals surface area contributed by atoms with Gasteiger partial charge in [-0.05, 0) is 48.2 Å². The van der Waals surface area contributed by atoms with Crippen LogP contribution in [0.2, 0.25) is 0 Å². The number of alkyl halides is 3. The highest BCUT2D eigenvalue weighted by molar-refractivity contribution is 5.82. The molecule has 2 aromatic rings. The summed E-state index contributed by atoms with van der Waals surface area (Å²) < 4.78 is 45.4. The first-order valence-corrected chi connectivity index (χ1v) is 11.3. The Bertz CT molecular complexity index is 1010. The molecule has 2 aliphatic heterocycles. The minimum atomic E-state index is -4.41. The summed E-state index contributed by atoms with van der Waals surface area (Å²) in [5, 5.41) is 3.01. The van der Waals surface area contributed by atoms with Gasteiger partial charge < -0.3 is 19.9 Å². The first kappa shape index (κ1) is 23.3. The van der Waals surface area contributed by atoms with E-state index in [9.17, 15) is 18.0 Å². The smallest absolute Gasteiger partial charge is 0.416 e. The molecule has 0 aromatic heterocycles. The average Bonchev–Trinajstić information content (AvgIpc) is 2.80. The molecule has 0 bridgehead atoms. The molecule has 1 amide bonds. The standard InChI is InChI=1S/C25H30F3N3O2/c1-16(2)14-29-24(32)21-12-17-11-18(25(26,27)28)7-8-22(17)31-10-9-30(15-23(21)31)19-5-4-6-20(13-19)33-3/h4-8,11,13,16,21,23H,9-10,12,14-15H2,1-3H3,(H,29,32)/t21-,23-/m0/s1. The Morgan fingerprint density at radius 2 is 1.97 bits per heavy atom. The summed E-state index contributed by atoms with van der Waals surface area (Å²) >= 11 is 0. The van der Waals surface area contributed by atoms with E-state index in [-0.39, 0.29) is 24.3 Å². The second-order valence-corrected chi connectivity index (χ2v) is 9.20. The van der Waals surface area contributed by atoms with Crippen LogP contribution in [0.3, 0.4) is 0 Å². The molecule has 2 heterocycles. The van der Waals surface area contributed by atoms with Crippen molar-refractivity contribution < 1.29 is 22.7 Å². The van der Waals surface area contributed by atoms with Gasteiger partial charge in [0.25, 0.3) is 0 Å². The summed E-state index contributed by atoms with van der Waals surface area (Å²) in [6.45, 7) is 6.50. The molecule has 1 N–H and O–H groups in total. The fourth-order valence-electron chi connectivity index (χ4n) is 4.78. The van der Waals surface area contributed by atoms with Crippen molar-refractivity contribution in [2.24, 2.45) is 11.8 Å². The molecule has 178 valence electrons. The Morgan fingerprint density at radius 1 is 1.18 bits per heavy atom. The lowest BCUT2D eigenvalue weighted by Crippen LogP contribution is -2.61. The van der Waals surface area contributed by atoms with Gasteiger partial charge in [0.1, 0.15) is 5.75 Å². The second kappa shape index (κ2) is 9.15. The summed E-state index contributed by atoms with van der Waals surface area (Å²) in [6.07, 6.45) is -4.12. The molecule has 0 aliphatic carbocycles. The number of benzene rings is 2. The van der Waals surface area contributed by atoms with E-state index >= 15 is 0 Å². The number of carbonyl (C=O) groups is 1. The van der Waals surface area contributed by atoms with Crippen LogP contribution in [0, 0.1) is 11.8 Å². The number of methoxy groups -OCH3 is 1. The van der Waals surface area contributed by atoms with Gasteiger partial charge in [0.2, 0.25) is 5.91 Å². The maximum Gasteiger partial charge on any atom is 0.416 e. The number of hydrogen-bond donors (Lipinski definition) is 1. The summed E-state index contributed by atoms with van der Waals surface area (Å²) in [6, 6.07) is 11.6. The van der Waals surface area contributed by atoms with Crippen LogP contribution in [0.4, 0.5) is 24.5 Å². The Labute approximate surface area is 192 Å². The Balaban J connectivity index is 1.66. The Kier molecular flexibility index (Phi) is 6.45. The molecule has 4 rings (SSSR count). The van der Waals surface area contributed by atoms with Crippen LogP contribution in [-0.4, -0.2) is 45.2 Å². The first-order chi connectivity index (χ1) is 15.7. The third-order valence-electron chi connectivity index (χ3n) is 6.48. The van der Waals surface area contributed by atoms with E-state index in [1.54, 1.807) is 13.2 Å². The first-order valence-electron chi connectivity index (χ1n) is 11.3. The van der Waals surface area contributed by atoms with E-state index in [4.69, 9.17) is 4.74 Å². The zero-order valence-corrected chi connectivity index (χ0v) is 19.2. The molecule has 33 heavy (non-hydrogen) atoms. The molecule has 0 saturated carbocycles. The fraction of sp³-hybridized carbons (Fsp3) is 0.480. The van der Waals surface area contributed by atoms with Crippen molar-refractivity contribution >= 4 is 17.3 Å². The topological polar surface area (TPSA) is 44.8 Å². The number of nitrogens with one attached hydrogen (secondary N) is 1. The van der Waals surface area contributed by atoms with Crippen LogP contribution in [0.1, 0.15) is 25.0 Å². The minimum absolute atomic E-state index is 0.103. The molecular weight excluding hydrogens is 431 g/mol. The third-order valence-corrected chi connectivity index (χ3v) is 6.48. The van der Waals surface area contributed by atoms with Crippen LogP contribution in [0.15, 0.2) is 42.5 Å². The van der Waals surface area contributed by atoms with Crippen molar-refractivity contribution in [1.29, 1.82) is 0 Å². The van der Waals surface area contributed by atoms with Crippen molar-refractivity contribution in [3.63, 3.8) is 0 Å². The normalized spacial score (nSPS) is 20.3. The molecule has 2 atom stereocenters. The predicted octanol–water partition coefficient (Wildman–Crippen LogP) is 4.35. The van der Waals surface area contributed by atoms with Crippen LogP contribution >= 0.6 is 0 Å². The van der Waals surface area contributed by atoms with Gasteiger partial charge in [-0.2, -0.15) is 13.2 Å². The molecule has 2 aromatic carbocycles. The summed E-state index contributed by atoms with van der Waals surface area (Å²) in [5.41, 5.74) is 1.72. The SMILES string of the molecule is COc1cccc(N2CCN3c4ccc(C(F)(F)F)cc4C[C@H](C(=O)NCC(C)C)[C@@H]3C2)c1. The third kappa shape index (κ3) is 4.89. The van der Waals surface area contributed by atoms with Gasteiger partial charge in [0, 0.05) is 43.6 Å². The number of halogens is 3. The van der Waals surface area contributed by atoms with Crippen molar-refractivity contribution in [1.82, 2.24) is 5.32 Å². The number of rotatable bonds is 5. The lowest BCUT2D eigenvalue weighted by atomic mass is 9.82. The Morgan fingerprint density at radius 3 is 2.67 bits per heavy atom. The highest BCUT2D eigenvalue weighted by Gasteiger charge is 2.42. The van der Waals surface area contributed by atoms with Crippen molar-refractivity contribution in [2.45, 2.75) is 32.5 Å². The number of anilines is 2. The predicted molar refractivity (Wildman–Crippen MR) is 123 cm³/mol. The molecule has 5 nitrogen and oxygen atoms in total. The molecule has 0 unspecified atom stereocenters. The van der Waals surface area contributed by atoms with E-state index in [1.165, 1.54) is 6.07 Å². The molecule has 0 spiro atoms. The zero-order valence-electron chi connectivity index (χ0n) is 19.2. The van der Waals surface area contributed by atoms with Crippen LogP contribution in [0.25, 0.3) is 0 Å². The van der Waals surface area contributed by atoms with E-state index in [0.717, 1.165) is 23.2 Å². The van der Waals surface area contributed by atoms with Gasteiger partial charge in [-0.25, -0.2) is 0 Å². The number of carbonyl (C=O) groups excluding carboxylic acids is 1. The molecule has 8 heteroatoms. The molecule has 0 radical (unpaired) electrons. The molecular formula is C25H30F3N3O2. The number of fused-ring (bicyclic) bond motifs is 3. The zero-order chi connectivity index (χ0) is 23.8. The van der Waals surface area contributed by atoms with E-state index in [1.807, 2.05) is 38.1 Å². The van der Waals surface area contributed by atoms with Gasteiger partial charge >= 0.3 is 6.18 Å². The molecule has 2 aliphatic rings. The molecule has 1 saturated heterocycles. The van der Waals surface area contributed by atoms with Crippen LogP contribution < -0.4 is 19.9 Å². The van der Waals surface area contributed by atoms with E-state index in [0.29, 0.717) is 31.7 Å². The van der Waals surface area contributed by atoms with Gasteiger partial charge in [0.05, 0.1) is 24.6 Å². The maximum absolute atomic E-state index is 13.3. The lowest BCUT2D eigenvalue weighted by Gasteiger charge is -2.49. The lowest BCUT2D eigenvalue weighted by molar-refractivity contribution is -0.137. The van der Waals surface area contributed by atoms with E-state index in [2.05, 4.69) is 15.1 Å². The minimum Gasteiger partial charge on any atom is -0.497 e. The largest absolute Gasteiger partial charge is 0.497 e. The van der Waals surface area contributed by atoms with Gasteiger partial charge in [0.15, 0.2) is 0 Å². The van der Waals surface area contributed by atoms with E-state index < -0.39 is 17.7 Å². The number of piperazine rings is 1. The summed E-state index contributed by atoms with van der Waals surface area (Å²) in [4.78, 5) is 17.5. The molecule has 1 fully saturated rings. The number of amides is 1. The summed E-state index contributed by atoms with van der Waals surface area (Å²) in [5.74, 6) is 0.509. The highest BCUT2D eigenvalue weighted by atomic mass is 19.4. The number of hydrogen-bond acceptors (Lipinski definition) is 4. The van der Waals surface area contributed by atoms with Crippen LogP contribution in [0.5, 0.6) is 5.75 Å².